The van der Waals surface area contributed by atoms with Gasteiger partial charge in [-0.05, 0) is 37.3 Å². The summed E-state index contributed by atoms with van der Waals surface area (Å²) in [7, 11) is -3.21. The maximum Gasteiger partial charge on any atom is 0.175 e. The van der Waals surface area contributed by atoms with Crippen molar-refractivity contribution in [3.8, 4) is 11.4 Å². The van der Waals surface area contributed by atoms with Gasteiger partial charge in [0.15, 0.2) is 15.7 Å². The van der Waals surface area contributed by atoms with E-state index in [9.17, 15) is 8.42 Å². The number of aryl methyl sites for hydroxylation is 1. The highest BCUT2D eigenvalue weighted by Crippen LogP contribution is 2.19. The molecule has 0 bridgehead atoms. The Bertz CT molecular complexity index is 950. The van der Waals surface area contributed by atoms with E-state index in [0.717, 1.165) is 10.6 Å². The second kappa shape index (κ2) is 6.66. The molecule has 1 aromatic carbocycles. The van der Waals surface area contributed by atoms with Gasteiger partial charge < -0.3 is 5.32 Å². The lowest BCUT2D eigenvalue weighted by atomic mass is 10.2. The van der Waals surface area contributed by atoms with E-state index in [2.05, 4.69) is 20.3 Å². The average molecular weight is 360 g/mol. The fourth-order valence-electron chi connectivity index (χ4n) is 2.10. The van der Waals surface area contributed by atoms with Gasteiger partial charge in [-0.1, -0.05) is 0 Å². The Hall–Kier alpha value is -2.32. The van der Waals surface area contributed by atoms with E-state index < -0.39 is 9.84 Å². The average Bonchev–Trinajstić information content (AvgIpc) is 2.98. The van der Waals surface area contributed by atoms with E-state index in [0.29, 0.717) is 18.2 Å². The fourth-order valence-corrected chi connectivity index (χ4v) is 3.45. The molecule has 0 atom stereocenters. The van der Waals surface area contributed by atoms with Crippen LogP contribution in [0.2, 0.25) is 0 Å². The molecule has 8 heteroatoms. The summed E-state index contributed by atoms with van der Waals surface area (Å²) >= 11 is 1.64. The van der Waals surface area contributed by atoms with Gasteiger partial charge in [-0.25, -0.2) is 23.4 Å². The highest BCUT2D eigenvalue weighted by Gasteiger charge is 2.08. The normalized spacial score (nSPS) is 11.4. The van der Waals surface area contributed by atoms with E-state index in [1.165, 1.54) is 11.1 Å². The number of anilines is 1. The van der Waals surface area contributed by atoms with Gasteiger partial charge in [0.1, 0.15) is 10.8 Å². The second-order valence-corrected chi connectivity index (χ2v) is 8.62. The molecular formula is C16H16N4O2S2. The standard InChI is InChI=1S/C16H16N4O2S2/c1-11-9-19-15(23-11)10-18-14-7-8-17-16(20-14)12-3-5-13(6-4-12)24(2,21)22/h3-9H,10H2,1-2H3,(H,17,18,20). The molecule has 0 aliphatic rings. The van der Waals surface area contributed by atoms with Crippen molar-refractivity contribution in [2.24, 2.45) is 0 Å². The molecule has 2 heterocycles. The Morgan fingerprint density at radius 2 is 1.88 bits per heavy atom. The van der Waals surface area contributed by atoms with Crippen LogP contribution < -0.4 is 5.32 Å². The highest BCUT2D eigenvalue weighted by molar-refractivity contribution is 7.90. The van der Waals surface area contributed by atoms with Gasteiger partial charge in [0.05, 0.1) is 11.4 Å². The molecule has 2 aromatic heterocycles. The first-order valence-electron chi connectivity index (χ1n) is 7.20. The molecule has 0 radical (unpaired) electrons. The maximum absolute atomic E-state index is 11.5. The molecule has 0 spiro atoms. The Kier molecular flexibility index (Phi) is 4.59. The maximum atomic E-state index is 11.5. The zero-order chi connectivity index (χ0) is 17.2. The number of nitrogens with zero attached hydrogens (tertiary/aromatic N) is 3. The Labute approximate surface area is 144 Å². The molecule has 0 aliphatic heterocycles. The summed E-state index contributed by atoms with van der Waals surface area (Å²) in [4.78, 5) is 14.5. The predicted octanol–water partition coefficient (Wildman–Crippen LogP) is 2.92. The molecule has 0 unspecified atom stereocenters. The van der Waals surface area contributed by atoms with Crippen molar-refractivity contribution < 1.29 is 8.42 Å². The van der Waals surface area contributed by atoms with Gasteiger partial charge in [0.2, 0.25) is 0 Å². The number of rotatable bonds is 5. The van der Waals surface area contributed by atoms with Crippen LogP contribution in [-0.4, -0.2) is 29.6 Å². The summed E-state index contributed by atoms with van der Waals surface area (Å²) < 4.78 is 23.0. The van der Waals surface area contributed by atoms with Crippen LogP contribution in [0.4, 0.5) is 5.82 Å². The molecule has 3 rings (SSSR count). The number of nitrogens with one attached hydrogen (secondary N) is 1. The van der Waals surface area contributed by atoms with Crippen LogP contribution >= 0.6 is 11.3 Å². The van der Waals surface area contributed by atoms with Crippen LogP contribution in [0.15, 0.2) is 47.6 Å². The van der Waals surface area contributed by atoms with Crippen molar-refractivity contribution in [1.82, 2.24) is 15.0 Å². The number of hydrogen-bond acceptors (Lipinski definition) is 7. The van der Waals surface area contributed by atoms with Crippen LogP contribution in [0.1, 0.15) is 9.88 Å². The van der Waals surface area contributed by atoms with Crippen molar-refractivity contribution in [3.05, 3.63) is 52.6 Å². The molecule has 6 nitrogen and oxygen atoms in total. The SMILES string of the molecule is Cc1cnc(CNc2ccnc(-c3ccc(S(C)(=O)=O)cc3)n2)s1. The molecule has 124 valence electrons. The smallest absolute Gasteiger partial charge is 0.175 e. The Morgan fingerprint density at radius 3 is 2.50 bits per heavy atom. The molecule has 0 fully saturated rings. The molecule has 0 amide bonds. The Balaban J connectivity index is 1.77. The van der Waals surface area contributed by atoms with E-state index >= 15 is 0 Å². The van der Waals surface area contributed by atoms with Gasteiger partial charge in [-0.2, -0.15) is 0 Å². The third-order valence-electron chi connectivity index (χ3n) is 3.29. The molecule has 3 aromatic rings. The number of aromatic nitrogens is 3. The number of sulfone groups is 1. The lowest BCUT2D eigenvalue weighted by Gasteiger charge is -2.06. The Morgan fingerprint density at radius 1 is 1.12 bits per heavy atom. The quantitative estimate of drug-likeness (QED) is 0.753. The summed E-state index contributed by atoms with van der Waals surface area (Å²) in [6.07, 6.45) is 4.70. The van der Waals surface area contributed by atoms with Crippen LogP contribution in [-0.2, 0) is 16.4 Å². The topological polar surface area (TPSA) is 84.8 Å². The first-order valence-corrected chi connectivity index (χ1v) is 9.91. The van der Waals surface area contributed by atoms with Crippen LogP contribution in [0.25, 0.3) is 11.4 Å². The van der Waals surface area contributed by atoms with Gasteiger partial charge in [0, 0.05) is 29.1 Å². The van der Waals surface area contributed by atoms with E-state index in [4.69, 9.17) is 0 Å². The third-order valence-corrected chi connectivity index (χ3v) is 5.33. The van der Waals surface area contributed by atoms with Crippen molar-refractivity contribution in [2.75, 3.05) is 11.6 Å². The zero-order valence-corrected chi connectivity index (χ0v) is 14.9. The lowest BCUT2D eigenvalue weighted by Crippen LogP contribution is -2.02. The van der Waals surface area contributed by atoms with E-state index in [-0.39, 0.29) is 4.90 Å². The summed E-state index contributed by atoms with van der Waals surface area (Å²) in [5.41, 5.74) is 0.760. The van der Waals surface area contributed by atoms with Crippen LogP contribution in [0.5, 0.6) is 0 Å². The van der Waals surface area contributed by atoms with Crippen molar-refractivity contribution in [3.63, 3.8) is 0 Å². The van der Waals surface area contributed by atoms with Crippen LogP contribution in [0.3, 0.4) is 0 Å². The first-order chi connectivity index (χ1) is 11.4. The molecule has 0 saturated heterocycles. The largest absolute Gasteiger partial charge is 0.363 e. The van der Waals surface area contributed by atoms with Crippen molar-refractivity contribution in [1.29, 1.82) is 0 Å². The number of benzene rings is 1. The summed E-state index contributed by atoms with van der Waals surface area (Å²) in [5, 5.41) is 4.21. The first kappa shape index (κ1) is 16.5. The number of hydrogen-bond donors (Lipinski definition) is 1. The van der Waals surface area contributed by atoms with Gasteiger partial charge in [0.25, 0.3) is 0 Å². The summed E-state index contributed by atoms with van der Waals surface area (Å²) in [5.74, 6) is 1.23. The minimum Gasteiger partial charge on any atom is -0.363 e. The third kappa shape index (κ3) is 3.95. The zero-order valence-electron chi connectivity index (χ0n) is 13.2. The molecule has 0 aliphatic carbocycles. The van der Waals surface area contributed by atoms with Gasteiger partial charge >= 0.3 is 0 Å². The molecule has 24 heavy (non-hydrogen) atoms. The highest BCUT2D eigenvalue weighted by atomic mass is 32.2. The summed E-state index contributed by atoms with van der Waals surface area (Å²) in [6, 6.07) is 8.33. The minimum absolute atomic E-state index is 0.277. The molecule has 1 N–H and O–H groups in total. The monoisotopic (exact) mass is 360 g/mol. The van der Waals surface area contributed by atoms with E-state index in [1.54, 1.807) is 47.9 Å². The summed E-state index contributed by atoms with van der Waals surface area (Å²) in [6.45, 7) is 2.62. The van der Waals surface area contributed by atoms with Crippen LogP contribution in [0, 0.1) is 6.92 Å². The van der Waals surface area contributed by atoms with Crippen molar-refractivity contribution in [2.45, 2.75) is 18.4 Å². The van der Waals surface area contributed by atoms with Gasteiger partial charge in [-0.3, -0.25) is 0 Å². The van der Waals surface area contributed by atoms with Crippen molar-refractivity contribution >= 4 is 27.0 Å². The molecule has 0 saturated carbocycles. The minimum atomic E-state index is -3.21. The predicted molar refractivity (Wildman–Crippen MR) is 94.8 cm³/mol. The second-order valence-electron chi connectivity index (χ2n) is 5.28. The van der Waals surface area contributed by atoms with E-state index in [1.807, 2.05) is 13.1 Å². The fraction of sp³-hybridized carbons (Fsp3) is 0.188. The number of thiazole rings is 1. The van der Waals surface area contributed by atoms with Gasteiger partial charge in [-0.15, -0.1) is 11.3 Å². The molecular weight excluding hydrogens is 344 g/mol. The lowest BCUT2D eigenvalue weighted by molar-refractivity contribution is 0.602.